The van der Waals surface area contributed by atoms with Gasteiger partial charge in [-0.2, -0.15) is 8.42 Å². The maximum Gasteiger partial charge on any atom is 0.407 e. The van der Waals surface area contributed by atoms with Crippen LogP contribution in [0.15, 0.2) is 17.0 Å². The minimum absolute atomic E-state index is 0.238. The predicted octanol–water partition coefficient (Wildman–Crippen LogP) is 1.24. The van der Waals surface area contributed by atoms with Crippen molar-refractivity contribution in [2.24, 2.45) is 0 Å². The molecule has 24 heavy (non-hydrogen) atoms. The monoisotopic (exact) mass is 423 g/mol. The zero-order valence-corrected chi connectivity index (χ0v) is 14.5. The van der Waals surface area contributed by atoms with Gasteiger partial charge in [0.05, 0.1) is 6.04 Å². The molecule has 0 bridgehead atoms. The first-order valence-electron chi connectivity index (χ1n) is 6.57. The Kier molecular flexibility index (Phi) is 5.27. The normalized spacial score (nSPS) is 17.6. The van der Waals surface area contributed by atoms with E-state index >= 15 is 0 Å². The van der Waals surface area contributed by atoms with Gasteiger partial charge in [0.2, 0.25) is 0 Å². The molecule has 1 atom stereocenters. The summed E-state index contributed by atoms with van der Waals surface area (Å²) in [4.78, 5) is 21.1. The Hall–Kier alpha value is -1.96. The number of fused-ring (bicyclic) bond motifs is 1. The maximum absolute atomic E-state index is 11.2. The summed E-state index contributed by atoms with van der Waals surface area (Å²) < 4.78 is 34.0. The molecule has 0 spiro atoms. The third-order valence-corrected chi connectivity index (χ3v) is 3.92. The predicted molar refractivity (Wildman–Crippen MR) is 86.0 cm³/mol. The number of nitrogen functional groups attached to an aromatic ring is 1. The second-order valence-electron chi connectivity index (χ2n) is 4.87. The van der Waals surface area contributed by atoms with Gasteiger partial charge in [-0.05, 0) is 28.8 Å². The fourth-order valence-corrected chi connectivity index (χ4v) is 3.12. The highest BCUT2D eigenvalue weighted by Crippen LogP contribution is 2.34. The molecule has 1 fully saturated rings. The first kappa shape index (κ1) is 18.4. The van der Waals surface area contributed by atoms with Crippen LogP contribution in [-0.4, -0.2) is 54.5 Å². The van der Waals surface area contributed by atoms with Crippen LogP contribution in [0.1, 0.15) is 24.7 Å². The lowest BCUT2D eigenvalue weighted by Gasteiger charge is -2.20. The molecule has 132 valence electrons. The molecule has 1 aliphatic rings. The van der Waals surface area contributed by atoms with Crippen molar-refractivity contribution >= 4 is 43.8 Å². The van der Waals surface area contributed by atoms with Crippen LogP contribution in [0.5, 0.6) is 0 Å². The van der Waals surface area contributed by atoms with Gasteiger partial charge in [0.25, 0.3) is 0 Å². The van der Waals surface area contributed by atoms with Crippen LogP contribution in [0.4, 0.5) is 10.6 Å². The summed E-state index contributed by atoms with van der Waals surface area (Å²) in [6.45, 7) is 0.535. The Morgan fingerprint density at radius 1 is 1.42 bits per heavy atom. The van der Waals surface area contributed by atoms with Gasteiger partial charge >= 0.3 is 16.5 Å². The van der Waals surface area contributed by atoms with Crippen LogP contribution < -0.4 is 5.73 Å². The largest absolute Gasteiger partial charge is 0.465 e. The molecule has 0 aliphatic carbocycles. The van der Waals surface area contributed by atoms with Crippen LogP contribution in [0.3, 0.4) is 0 Å². The van der Waals surface area contributed by atoms with Crippen LogP contribution in [-0.2, 0) is 10.4 Å². The Bertz CT molecular complexity index is 861. The molecule has 13 heteroatoms. The van der Waals surface area contributed by atoms with E-state index in [2.05, 4.69) is 25.9 Å². The molecule has 0 unspecified atom stereocenters. The average Bonchev–Trinajstić information content (AvgIpc) is 3.02. The third kappa shape index (κ3) is 4.11. The first-order valence-corrected chi connectivity index (χ1v) is 8.76. The molecule has 3 rings (SSSR count). The van der Waals surface area contributed by atoms with E-state index in [9.17, 15) is 9.90 Å². The summed E-state index contributed by atoms with van der Waals surface area (Å²) in [5.41, 5.74) is 6.51. The molecule has 3 heterocycles. The van der Waals surface area contributed by atoms with Gasteiger partial charge in [-0.1, -0.05) is 0 Å². The van der Waals surface area contributed by atoms with E-state index in [4.69, 9.17) is 23.3 Å². The molecule has 11 nitrogen and oxygen atoms in total. The molecule has 0 saturated carbocycles. The molecule has 0 radical (unpaired) electrons. The average molecular weight is 424 g/mol. The van der Waals surface area contributed by atoms with Gasteiger partial charge < -0.3 is 10.8 Å². The van der Waals surface area contributed by atoms with E-state index in [1.54, 1.807) is 16.8 Å². The van der Waals surface area contributed by atoms with Crippen molar-refractivity contribution in [3.63, 3.8) is 0 Å². The van der Waals surface area contributed by atoms with E-state index in [1.807, 2.05) is 0 Å². The number of nitrogens with two attached hydrogens (primary N) is 1. The Morgan fingerprint density at radius 3 is 2.62 bits per heavy atom. The van der Waals surface area contributed by atoms with E-state index in [0.717, 1.165) is 12.8 Å². The number of hydrogen-bond acceptors (Lipinski definition) is 6. The fraction of sp³-hybridized carbons (Fsp3) is 0.364. The summed E-state index contributed by atoms with van der Waals surface area (Å²) >= 11 is 3.35. The van der Waals surface area contributed by atoms with Crippen LogP contribution in [0.2, 0.25) is 0 Å². The fourth-order valence-electron chi connectivity index (χ4n) is 2.54. The lowest BCUT2D eigenvalue weighted by molar-refractivity contribution is 0.138. The number of likely N-dealkylation sites (tertiary alicyclic amines) is 1. The number of imidazole rings is 1. The van der Waals surface area contributed by atoms with E-state index < -0.39 is 16.5 Å². The smallest absolute Gasteiger partial charge is 0.407 e. The third-order valence-electron chi connectivity index (χ3n) is 3.36. The van der Waals surface area contributed by atoms with E-state index in [1.165, 1.54) is 4.90 Å². The lowest BCUT2D eigenvalue weighted by Crippen LogP contribution is -2.29. The van der Waals surface area contributed by atoms with Crippen molar-refractivity contribution in [1.29, 1.82) is 0 Å². The lowest BCUT2D eigenvalue weighted by atomic mass is 10.2. The van der Waals surface area contributed by atoms with Crippen molar-refractivity contribution in [2.75, 3.05) is 12.3 Å². The second kappa shape index (κ2) is 6.88. The second-order valence-corrected chi connectivity index (χ2v) is 6.52. The summed E-state index contributed by atoms with van der Waals surface area (Å²) in [5, 5.41) is 9.22. The Morgan fingerprint density at radius 2 is 2.04 bits per heavy atom. The van der Waals surface area contributed by atoms with Gasteiger partial charge in [0.15, 0.2) is 5.82 Å². The van der Waals surface area contributed by atoms with Crippen LogP contribution >= 0.6 is 15.9 Å². The minimum atomic E-state index is -4.67. The molecule has 1 amide bonds. The topological polar surface area (TPSA) is 171 Å². The molecular weight excluding hydrogens is 410 g/mol. The number of aromatic nitrogens is 3. The van der Waals surface area contributed by atoms with Crippen molar-refractivity contribution in [3.05, 3.63) is 22.8 Å². The van der Waals surface area contributed by atoms with Gasteiger partial charge in [-0.15, -0.1) is 0 Å². The summed E-state index contributed by atoms with van der Waals surface area (Å²) in [6, 6.07) is -0.238. The van der Waals surface area contributed by atoms with Crippen molar-refractivity contribution in [3.8, 4) is 0 Å². The number of amides is 1. The number of nitrogens with zero attached hydrogens (tertiary/aromatic N) is 4. The highest BCUT2D eigenvalue weighted by Gasteiger charge is 2.33. The van der Waals surface area contributed by atoms with E-state index in [-0.39, 0.29) is 6.04 Å². The first-order chi connectivity index (χ1) is 11.1. The van der Waals surface area contributed by atoms with Gasteiger partial charge in [0.1, 0.15) is 15.9 Å². The molecule has 1 saturated heterocycles. The van der Waals surface area contributed by atoms with Crippen molar-refractivity contribution in [2.45, 2.75) is 18.9 Å². The number of hydrogen-bond donors (Lipinski definition) is 4. The molecule has 2 aromatic heterocycles. The van der Waals surface area contributed by atoms with Gasteiger partial charge in [0, 0.05) is 18.9 Å². The summed E-state index contributed by atoms with van der Waals surface area (Å²) in [5.74, 6) is 1.05. The summed E-state index contributed by atoms with van der Waals surface area (Å²) in [7, 11) is -4.67. The molecular formula is C11H14BrN5O6S. The van der Waals surface area contributed by atoms with Gasteiger partial charge in [-0.3, -0.25) is 18.4 Å². The summed E-state index contributed by atoms with van der Waals surface area (Å²) in [6.07, 6.45) is 4.01. The minimum Gasteiger partial charge on any atom is -0.465 e. The number of anilines is 1. The standard InChI is InChI=1S/C11H12BrN5O2.H2O4S/c12-8-7-9(13)14-3-5-17(7)10(15-8)6-2-1-4-16(6)11(18)19;1-5(2,3)4/h3,5-6H,1-2,4H2,(H2,13,14)(H,18,19);(H2,1,2,3,4)/t6-;/m0./s1. The molecule has 2 aromatic rings. The highest BCUT2D eigenvalue weighted by atomic mass is 79.9. The molecule has 5 N–H and O–H groups in total. The van der Waals surface area contributed by atoms with Crippen molar-refractivity contribution in [1.82, 2.24) is 19.3 Å². The number of halogens is 1. The molecule has 1 aliphatic heterocycles. The van der Waals surface area contributed by atoms with Crippen LogP contribution in [0, 0.1) is 0 Å². The number of carbonyl (C=O) groups is 1. The van der Waals surface area contributed by atoms with Gasteiger partial charge in [-0.25, -0.2) is 14.8 Å². The zero-order valence-electron chi connectivity index (χ0n) is 12.1. The zero-order chi connectivity index (χ0) is 18.1. The Balaban J connectivity index is 0.000000368. The molecule has 0 aromatic carbocycles. The van der Waals surface area contributed by atoms with Crippen molar-refractivity contribution < 1.29 is 27.4 Å². The quantitative estimate of drug-likeness (QED) is 0.492. The maximum atomic E-state index is 11.2. The number of carboxylic acid groups (broad SMARTS) is 1. The number of rotatable bonds is 1. The highest BCUT2D eigenvalue weighted by molar-refractivity contribution is 9.10. The Labute approximate surface area is 144 Å². The van der Waals surface area contributed by atoms with Crippen LogP contribution in [0.25, 0.3) is 5.52 Å². The van der Waals surface area contributed by atoms with E-state index in [0.29, 0.717) is 28.3 Å². The SMILES string of the molecule is Nc1nccn2c([C@@H]3CCCN3C(=O)O)nc(Br)c12.O=S(=O)(O)O.